The predicted molar refractivity (Wildman–Crippen MR) is 61.7 cm³/mol. The van der Waals surface area contributed by atoms with Gasteiger partial charge in [-0.25, -0.2) is 4.39 Å². The highest BCUT2D eigenvalue weighted by atomic mass is 32.2. The lowest BCUT2D eigenvalue weighted by atomic mass is 10.2. The van der Waals surface area contributed by atoms with Gasteiger partial charge in [-0.2, -0.15) is 0 Å². The summed E-state index contributed by atoms with van der Waals surface area (Å²) in [5.41, 5.74) is 5.68. The van der Waals surface area contributed by atoms with Gasteiger partial charge in [-0.3, -0.25) is 4.79 Å². The topological polar surface area (TPSA) is 52.3 Å². The third-order valence-corrected chi connectivity index (χ3v) is 3.32. The van der Waals surface area contributed by atoms with E-state index in [0.29, 0.717) is 0 Å². The zero-order chi connectivity index (χ0) is 12.1. The van der Waals surface area contributed by atoms with E-state index in [0.717, 1.165) is 4.90 Å². The molecule has 1 aromatic rings. The number of esters is 1. The fourth-order valence-corrected chi connectivity index (χ4v) is 2.11. The summed E-state index contributed by atoms with van der Waals surface area (Å²) >= 11 is 1.41. The molecule has 0 saturated carbocycles. The van der Waals surface area contributed by atoms with Gasteiger partial charge in [-0.05, 0) is 24.3 Å². The first-order chi connectivity index (χ1) is 7.54. The van der Waals surface area contributed by atoms with E-state index in [4.69, 9.17) is 5.73 Å². The minimum Gasteiger partial charge on any atom is -0.468 e. The van der Waals surface area contributed by atoms with Crippen molar-refractivity contribution in [3.05, 3.63) is 30.1 Å². The standard InChI is InChI=1S/C11H14FNO2S/c1-7(10(13)11(14)15-2)16-9-5-3-8(12)4-6-9/h3-7,10H,13H2,1-2H3/t7-,10+/m0/s1. The second-order valence-electron chi connectivity index (χ2n) is 3.33. The minimum atomic E-state index is -0.681. The number of rotatable bonds is 4. The molecule has 0 bridgehead atoms. The van der Waals surface area contributed by atoms with Crippen molar-refractivity contribution in [3.63, 3.8) is 0 Å². The number of nitrogens with two attached hydrogens (primary N) is 1. The Kier molecular flexibility index (Phi) is 4.76. The van der Waals surface area contributed by atoms with Crippen molar-refractivity contribution in [1.82, 2.24) is 0 Å². The first kappa shape index (κ1) is 13.0. The lowest BCUT2D eigenvalue weighted by molar-refractivity contribution is -0.142. The van der Waals surface area contributed by atoms with E-state index in [1.54, 1.807) is 12.1 Å². The SMILES string of the molecule is COC(=O)[C@H](N)[C@H](C)Sc1ccc(F)cc1. The largest absolute Gasteiger partial charge is 0.468 e. The molecular weight excluding hydrogens is 229 g/mol. The molecule has 88 valence electrons. The van der Waals surface area contributed by atoms with Crippen molar-refractivity contribution in [2.45, 2.75) is 23.1 Å². The molecule has 2 atom stereocenters. The number of hydrogen-bond acceptors (Lipinski definition) is 4. The Balaban J connectivity index is 2.60. The molecule has 2 N–H and O–H groups in total. The number of hydrogen-bond donors (Lipinski definition) is 1. The van der Waals surface area contributed by atoms with E-state index in [1.165, 1.54) is 31.0 Å². The van der Waals surface area contributed by atoms with Crippen molar-refractivity contribution in [2.75, 3.05) is 7.11 Å². The van der Waals surface area contributed by atoms with Gasteiger partial charge < -0.3 is 10.5 Å². The molecule has 16 heavy (non-hydrogen) atoms. The van der Waals surface area contributed by atoms with Crippen molar-refractivity contribution in [3.8, 4) is 0 Å². The number of thioether (sulfide) groups is 1. The van der Waals surface area contributed by atoms with E-state index in [9.17, 15) is 9.18 Å². The first-order valence-corrected chi connectivity index (χ1v) is 5.68. The summed E-state index contributed by atoms with van der Waals surface area (Å²) in [5.74, 6) is -0.726. The van der Waals surface area contributed by atoms with Crippen LogP contribution >= 0.6 is 11.8 Å². The molecule has 1 rings (SSSR count). The number of carbonyl (C=O) groups is 1. The summed E-state index contributed by atoms with van der Waals surface area (Å²) in [6, 6.07) is 5.37. The minimum absolute atomic E-state index is 0.127. The molecule has 0 spiro atoms. The second kappa shape index (κ2) is 5.86. The van der Waals surface area contributed by atoms with Gasteiger partial charge in [-0.15, -0.1) is 11.8 Å². The fraction of sp³-hybridized carbons (Fsp3) is 0.364. The van der Waals surface area contributed by atoms with Crippen LogP contribution in [0.25, 0.3) is 0 Å². The van der Waals surface area contributed by atoms with Crippen molar-refractivity contribution < 1.29 is 13.9 Å². The fourth-order valence-electron chi connectivity index (χ4n) is 1.13. The molecule has 0 fully saturated rings. The molecule has 0 aromatic heterocycles. The molecule has 0 amide bonds. The summed E-state index contributed by atoms with van der Waals surface area (Å²) in [4.78, 5) is 12.0. The van der Waals surface area contributed by atoms with Crippen LogP contribution in [0, 0.1) is 5.82 Å². The average molecular weight is 243 g/mol. The van der Waals surface area contributed by atoms with Crippen LogP contribution in [-0.4, -0.2) is 24.4 Å². The molecule has 0 aliphatic carbocycles. The van der Waals surface area contributed by atoms with E-state index in [1.807, 2.05) is 6.92 Å². The molecule has 0 unspecified atom stereocenters. The molecule has 0 aliphatic rings. The van der Waals surface area contributed by atoms with E-state index in [-0.39, 0.29) is 11.1 Å². The summed E-state index contributed by atoms with van der Waals surface area (Å²) in [7, 11) is 1.30. The molecule has 0 heterocycles. The number of methoxy groups -OCH3 is 1. The van der Waals surface area contributed by atoms with Crippen molar-refractivity contribution >= 4 is 17.7 Å². The normalized spacial score (nSPS) is 14.2. The molecule has 0 radical (unpaired) electrons. The smallest absolute Gasteiger partial charge is 0.323 e. The third-order valence-electron chi connectivity index (χ3n) is 2.11. The quantitative estimate of drug-likeness (QED) is 0.647. The highest BCUT2D eigenvalue weighted by molar-refractivity contribution is 8.00. The maximum Gasteiger partial charge on any atom is 0.323 e. The first-order valence-electron chi connectivity index (χ1n) is 4.80. The van der Waals surface area contributed by atoms with Gasteiger partial charge in [0.1, 0.15) is 11.9 Å². The third kappa shape index (κ3) is 3.50. The number of halogens is 1. The Labute approximate surface area is 98.2 Å². The lowest BCUT2D eigenvalue weighted by Gasteiger charge is -2.16. The van der Waals surface area contributed by atoms with Gasteiger partial charge in [-0.1, -0.05) is 6.92 Å². The molecule has 5 heteroatoms. The summed E-state index contributed by atoms with van der Waals surface area (Å²) < 4.78 is 17.2. The van der Waals surface area contributed by atoms with Crippen LogP contribution in [0.1, 0.15) is 6.92 Å². The lowest BCUT2D eigenvalue weighted by Crippen LogP contribution is -2.39. The van der Waals surface area contributed by atoms with Gasteiger partial charge in [0.2, 0.25) is 0 Å². The van der Waals surface area contributed by atoms with Crippen molar-refractivity contribution in [1.29, 1.82) is 0 Å². The second-order valence-corrected chi connectivity index (χ2v) is 4.78. The monoisotopic (exact) mass is 243 g/mol. The maximum atomic E-state index is 12.7. The van der Waals surface area contributed by atoms with Gasteiger partial charge in [0.15, 0.2) is 0 Å². The van der Waals surface area contributed by atoms with Gasteiger partial charge in [0, 0.05) is 10.1 Å². The van der Waals surface area contributed by atoms with Crippen LogP contribution in [0.15, 0.2) is 29.2 Å². The van der Waals surface area contributed by atoms with Crippen LogP contribution in [0.5, 0.6) is 0 Å². The molecule has 3 nitrogen and oxygen atoms in total. The maximum absolute atomic E-state index is 12.7. The zero-order valence-corrected chi connectivity index (χ0v) is 9.96. The van der Waals surface area contributed by atoms with Crippen LogP contribution in [0.2, 0.25) is 0 Å². The van der Waals surface area contributed by atoms with E-state index < -0.39 is 12.0 Å². The number of benzene rings is 1. The highest BCUT2D eigenvalue weighted by Crippen LogP contribution is 2.24. The van der Waals surface area contributed by atoms with Crippen LogP contribution < -0.4 is 5.73 Å². The molecular formula is C11H14FNO2S. The summed E-state index contributed by atoms with van der Waals surface area (Å²) in [6.45, 7) is 1.83. The number of ether oxygens (including phenoxy) is 1. The summed E-state index contributed by atoms with van der Waals surface area (Å²) in [6.07, 6.45) is 0. The Hall–Kier alpha value is -1.07. The summed E-state index contributed by atoms with van der Waals surface area (Å²) in [5, 5.41) is -0.127. The van der Waals surface area contributed by atoms with Gasteiger partial charge >= 0.3 is 5.97 Å². The van der Waals surface area contributed by atoms with Gasteiger partial charge in [0.25, 0.3) is 0 Å². The zero-order valence-electron chi connectivity index (χ0n) is 9.14. The molecule has 0 aliphatic heterocycles. The Morgan fingerprint density at radius 3 is 2.50 bits per heavy atom. The Bertz CT molecular complexity index is 356. The predicted octanol–water partition coefficient (Wildman–Crippen LogP) is 1.81. The Morgan fingerprint density at radius 1 is 1.44 bits per heavy atom. The van der Waals surface area contributed by atoms with Gasteiger partial charge in [0.05, 0.1) is 7.11 Å². The van der Waals surface area contributed by atoms with E-state index >= 15 is 0 Å². The highest BCUT2D eigenvalue weighted by Gasteiger charge is 2.22. The van der Waals surface area contributed by atoms with Crippen molar-refractivity contribution in [2.24, 2.45) is 5.73 Å². The average Bonchev–Trinajstić information content (AvgIpc) is 2.30. The van der Waals surface area contributed by atoms with Crippen LogP contribution in [-0.2, 0) is 9.53 Å². The number of carbonyl (C=O) groups excluding carboxylic acids is 1. The van der Waals surface area contributed by atoms with Crippen LogP contribution in [0.3, 0.4) is 0 Å². The Morgan fingerprint density at radius 2 is 2.00 bits per heavy atom. The molecule has 0 saturated heterocycles. The van der Waals surface area contributed by atoms with E-state index in [2.05, 4.69) is 4.74 Å². The van der Waals surface area contributed by atoms with Crippen LogP contribution in [0.4, 0.5) is 4.39 Å². The molecule has 1 aromatic carbocycles.